The summed E-state index contributed by atoms with van der Waals surface area (Å²) in [6.07, 6.45) is 3.21. The molecule has 6 heteroatoms. The first-order valence-electron chi connectivity index (χ1n) is 5.79. The van der Waals surface area contributed by atoms with E-state index in [-0.39, 0.29) is 5.78 Å². The van der Waals surface area contributed by atoms with Crippen LogP contribution in [0, 0.1) is 0 Å². The fourth-order valence-corrected chi connectivity index (χ4v) is 2.53. The minimum atomic E-state index is -0.148. The van der Waals surface area contributed by atoms with Crippen molar-refractivity contribution in [1.29, 1.82) is 0 Å². The van der Waals surface area contributed by atoms with Gasteiger partial charge in [-0.1, -0.05) is 11.6 Å². The Morgan fingerprint density at radius 3 is 2.90 bits per heavy atom. The summed E-state index contributed by atoms with van der Waals surface area (Å²) in [4.78, 5) is 19.7. The minimum absolute atomic E-state index is 0.148. The summed E-state index contributed by atoms with van der Waals surface area (Å²) in [5, 5.41) is 1.12. The van der Waals surface area contributed by atoms with E-state index in [1.165, 1.54) is 0 Å². The van der Waals surface area contributed by atoms with Crippen LogP contribution in [-0.4, -0.2) is 15.8 Å². The molecule has 0 saturated heterocycles. The number of fused-ring (bicyclic) bond motifs is 1. The van der Waals surface area contributed by atoms with E-state index in [4.69, 9.17) is 17.3 Å². The number of hydrogen-bond acceptors (Lipinski definition) is 3. The number of nitrogens with two attached hydrogens (primary N) is 1. The number of H-pyrrole nitrogens is 1. The van der Waals surface area contributed by atoms with Gasteiger partial charge in [0.2, 0.25) is 0 Å². The normalized spacial score (nSPS) is 10.9. The first kappa shape index (κ1) is 13.1. The summed E-state index contributed by atoms with van der Waals surface area (Å²) in [7, 11) is 0. The Kier molecular flexibility index (Phi) is 3.23. The Labute approximate surface area is 128 Å². The molecule has 3 aromatic rings. The van der Waals surface area contributed by atoms with Gasteiger partial charge in [0.05, 0.1) is 10.6 Å². The van der Waals surface area contributed by atoms with Gasteiger partial charge in [-0.3, -0.25) is 4.79 Å². The molecule has 3 N–H and O–H groups in total. The molecule has 0 saturated carbocycles. The Morgan fingerprint density at radius 1 is 1.35 bits per heavy atom. The fourth-order valence-electron chi connectivity index (χ4n) is 2.04. The molecule has 1 aromatic carbocycles. The predicted octanol–water partition coefficient (Wildman–Crippen LogP) is 3.79. The third kappa shape index (κ3) is 2.09. The monoisotopic (exact) mass is 349 g/mol. The molecule has 2 heterocycles. The van der Waals surface area contributed by atoms with E-state index < -0.39 is 0 Å². The lowest BCUT2D eigenvalue weighted by molar-refractivity contribution is 0.104. The smallest absolute Gasteiger partial charge is 0.195 e. The molecule has 0 atom stereocenters. The standard InChI is InChI=1S/C14H9BrClN3O/c15-9-2-1-7(5-11(9)17)13(20)8-6-19-14-12(8)10(16)3-4-18-14/h1-6H,17H2,(H,18,19). The van der Waals surface area contributed by atoms with Gasteiger partial charge in [0.25, 0.3) is 0 Å². The highest BCUT2D eigenvalue weighted by atomic mass is 79.9. The SMILES string of the molecule is Nc1cc(C(=O)c2c[nH]c3nccc(Cl)c23)ccc1Br. The second-order valence-electron chi connectivity index (χ2n) is 4.28. The largest absolute Gasteiger partial charge is 0.398 e. The van der Waals surface area contributed by atoms with Crippen molar-refractivity contribution < 1.29 is 4.79 Å². The lowest BCUT2D eigenvalue weighted by Gasteiger charge is -2.03. The van der Waals surface area contributed by atoms with Gasteiger partial charge in [-0.25, -0.2) is 4.98 Å². The summed E-state index contributed by atoms with van der Waals surface area (Å²) >= 11 is 9.45. The topological polar surface area (TPSA) is 71.8 Å². The third-order valence-corrected chi connectivity index (χ3v) is 4.06. The fraction of sp³-hybridized carbons (Fsp3) is 0. The molecule has 20 heavy (non-hydrogen) atoms. The van der Waals surface area contributed by atoms with E-state index >= 15 is 0 Å². The molecule has 0 bridgehead atoms. The van der Waals surface area contributed by atoms with E-state index in [0.29, 0.717) is 32.9 Å². The zero-order valence-electron chi connectivity index (χ0n) is 10.2. The highest BCUT2D eigenvalue weighted by molar-refractivity contribution is 9.10. The van der Waals surface area contributed by atoms with Gasteiger partial charge in [0.1, 0.15) is 5.65 Å². The van der Waals surface area contributed by atoms with Crippen LogP contribution in [0.25, 0.3) is 11.0 Å². The van der Waals surface area contributed by atoms with Gasteiger partial charge < -0.3 is 10.7 Å². The summed E-state index contributed by atoms with van der Waals surface area (Å²) in [6.45, 7) is 0. The van der Waals surface area contributed by atoms with Crippen LogP contribution >= 0.6 is 27.5 Å². The number of pyridine rings is 1. The molecule has 0 amide bonds. The molecular formula is C14H9BrClN3O. The van der Waals surface area contributed by atoms with Crippen molar-refractivity contribution in [3.63, 3.8) is 0 Å². The van der Waals surface area contributed by atoms with E-state index in [1.54, 1.807) is 36.7 Å². The number of rotatable bonds is 2. The van der Waals surface area contributed by atoms with Crippen LogP contribution in [0.2, 0.25) is 5.02 Å². The molecule has 0 fully saturated rings. The van der Waals surface area contributed by atoms with Gasteiger partial charge in [0.15, 0.2) is 5.78 Å². The van der Waals surface area contributed by atoms with Crippen molar-refractivity contribution in [1.82, 2.24) is 9.97 Å². The maximum atomic E-state index is 12.6. The summed E-state index contributed by atoms with van der Waals surface area (Å²) in [5.41, 5.74) is 7.90. The Bertz CT molecular complexity index is 828. The highest BCUT2D eigenvalue weighted by Crippen LogP contribution is 2.28. The predicted molar refractivity (Wildman–Crippen MR) is 83.1 cm³/mol. The van der Waals surface area contributed by atoms with Crippen molar-refractivity contribution in [2.24, 2.45) is 0 Å². The number of nitrogens with zero attached hydrogens (tertiary/aromatic N) is 1. The molecule has 4 nitrogen and oxygen atoms in total. The van der Waals surface area contributed by atoms with Crippen molar-refractivity contribution in [2.75, 3.05) is 5.73 Å². The van der Waals surface area contributed by atoms with Crippen LogP contribution in [0.1, 0.15) is 15.9 Å². The average molecular weight is 351 g/mol. The van der Waals surface area contributed by atoms with Crippen molar-refractivity contribution >= 4 is 50.0 Å². The van der Waals surface area contributed by atoms with Crippen molar-refractivity contribution in [3.05, 3.63) is 57.3 Å². The summed E-state index contributed by atoms with van der Waals surface area (Å²) in [5.74, 6) is -0.148. The lowest BCUT2D eigenvalue weighted by atomic mass is 10.0. The molecule has 0 aliphatic heterocycles. The first-order valence-corrected chi connectivity index (χ1v) is 6.96. The second kappa shape index (κ2) is 4.92. The van der Waals surface area contributed by atoms with Gasteiger partial charge >= 0.3 is 0 Å². The number of aromatic amines is 1. The van der Waals surface area contributed by atoms with E-state index in [9.17, 15) is 4.79 Å². The van der Waals surface area contributed by atoms with Crippen LogP contribution in [0.15, 0.2) is 41.1 Å². The number of anilines is 1. The van der Waals surface area contributed by atoms with Crippen molar-refractivity contribution in [3.8, 4) is 0 Å². The summed E-state index contributed by atoms with van der Waals surface area (Å²) < 4.78 is 0.757. The maximum Gasteiger partial charge on any atom is 0.195 e. The molecular weight excluding hydrogens is 342 g/mol. The van der Waals surface area contributed by atoms with E-state index in [2.05, 4.69) is 25.9 Å². The molecule has 2 aromatic heterocycles. The van der Waals surface area contributed by atoms with Crippen molar-refractivity contribution in [2.45, 2.75) is 0 Å². The minimum Gasteiger partial charge on any atom is -0.398 e. The Morgan fingerprint density at radius 2 is 2.15 bits per heavy atom. The number of carbonyl (C=O) groups is 1. The number of carbonyl (C=O) groups excluding carboxylic acids is 1. The van der Waals surface area contributed by atoms with Crippen LogP contribution in [0.5, 0.6) is 0 Å². The van der Waals surface area contributed by atoms with Gasteiger partial charge in [-0.2, -0.15) is 0 Å². The zero-order valence-corrected chi connectivity index (χ0v) is 12.5. The van der Waals surface area contributed by atoms with Gasteiger partial charge in [-0.15, -0.1) is 0 Å². The number of halogens is 2. The average Bonchev–Trinajstić information content (AvgIpc) is 2.86. The third-order valence-electron chi connectivity index (χ3n) is 3.03. The molecule has 0 spiro atoms. The van der Waals surface area contributed by atoms with E-state index in [1.807, 2.05) is 0 Å². The number of aromatic nitrogens is 2. The first-order chi connectivity index (χ1) is 9.58. The van der Waals surface area contributed by atoms with Gasteiger partial charge in [-0.05, 0) is 40.2 Å². The Balaban J connectivity index is 2.15. The van der Waals surface area contributed by atoms with Gasteiger partial charge in [0, 0.05) is 33.5 Å². The number of nitrogens with one attached hydrogen (secondary N) is 1. The van der Waals surface area contributed by atoms with Crippen LogP contribution < -0.4 is 5.73 Å². The van der Waals surface area contributed by atoms with Crippen LogP contribution in [-0.2, 0) is 0 Å². The molecule has 3 rings (SSSR count). The second-order valence-corrected chi connectivity index (χ2v) is 5.55. The number of ketones is 1. The summed E-state index contributed by atoms with van der Waals surface area (Å²) in [6, 6.07) is 6.75. The lowest BCUT2D eigenvalue weighted by Crippen LogP contribution is -2.02. The molecule has 0 aliphatic carbocycles. The molecule has 0 aliphatic rings. The number of hydrogen-bond donors (Lipinski definition) is 2. The molecule has 100 valence electrons. The van der Waals surface area contributed by atoms with Crippen LogP contribution in [0.4, 0.5) is 5.69 Å². The number of benzene rings is 1. The molecule has 0 radical (unpaired) electrons. The highest BCUT2D eigenvalue weighted by Gasteiger charge is 2.17. The molecule has 0 unspecified atom stereocenters. The maximum absolute atomic E-state index is 12.6. The quantitative estimate of drug-likeness (QED) is 0.545. The van der Waals surface area contributed by atoms with Crippen LogP contribution in [0.3, 0.4) is 0 Å². The Hall–Kier alpha value is -1.85. The van der Waals surface area contributed by atoms with E-state index in [0.717, 1.165) is 4.47 Å². The zero-order chi connectivity index (χ0) is 14.3. The number of nitrogen functional groups attached to an aromatic ring is 1.